The number of benzene rings is 3. The highest BCUT2D eigenvalue weighted by Crippen LogP contribution is 2.43. The van der Waals surface area contributed by atoms with Gasteiger partial charge in [0.15, 0.2) is 0 Å². The summed E-state index contributed by atoms with van der Waals surface area (Å²) in [5, 5.41) is 5.57. The Balaban J connectivity index is 1.38. The highest BCUT2D eigenvalue weighted by atomic mass is 16.6. The first-order valence-corrected chi connectivity index (χ1v) is 32.5. The number of carbonyl (C=O) groups is 4. The van der Waals surface area contributed by atoms with E-state index in [1.165, 1.54) is 0 Å². The quantitative estimate of drug-likeness (QED) is 0.0236. The number of alkyl carbamates (subject to hydrolysis) is 2. The number of ether oxygens (including phenoxy) is 10. The summed E-state index contributed by atoms with van der Waals surface area (Å²) in [6.07, 6.45) is 6.81. The Labute approximate surface area is 541 Å². The van der Waals surface area contributed by atoms with Gasteiger partial charge in [-0.3, -0.25) is 0 Å². The fraction of sp³-hybridized carbons (Fsp3) is 0.649. The van der Waals surface area contributed by atoms with E-state index in [9.17, 15) is 19.2 Å². The van der Waals surface area contributed by atoms with Gasteiger partial charge >= 0.3 is 24.1 Å². The van der Waals surface area contributed by atoms with Crippen molar-refractivity contribution in [2.75, 3.05) is 65.9 Å². The SMILES string of the molecule is C=C(C)C(=O)OCCCNC(=O)OC(C)(C)C(COC(C)(C)C(C)(C)CCCCOC(C)(C)CCOc1cccc(OCCC(C)(C)OCCCCC(C)(C)C(C)(C)OCC(c2ccccc2)C(C)(C)OC(=O)NCCCOC(=O)C(=C)C)c1)c1ccccc1. The van der Waals surface area contributed by atoms with Gasteiger partial charge in [0, 0.05) is 68.2 Å². The Kier molecular flexibility index (Phi) is 31.6. The van der Waals surface area contributed by atoms with E-state index in [2.05, 4.69) is 107 Å². The maximum atomic E-state index is 13.0. The average molecular weight is 1260 g/mol. The summed E-state index contributed by atoms with van der Waals surface area (Å²) in [6, 6.07) is 27.8. The molecule has 3 aromatic rings. The van der Waals surface area contributed by atoms with Crippen molar-refractivity contribution in [3.05, 3.63) is 120 Å². The van der Waals surface area contributed by atoms with E-state index in [1.807, 2.05) is 113 Å². The van der Waals surface area contributed by atoms with Gasteiger partial charge in [-0.15, -0.1) is 0 Å². The molecule has 506 valence electrons. The maximum absolute atomic E-state index is 13.0. The average Bonchev–Trinajstić information content (AvgIpc) is 0.952. The molecule has 2 N–H and O–H groups in total. The van der Waals surface area contributed by atoms with Gasteiger partial charge in [0.05, 0.1) is 62.0 Å². The summed E-state index contributed by atoms with van der Waals surface area (Å²) >= 11 is 0. The van der Waals surface area contributed by atoms with Crippen molar-refractivity contribution in [2.24, 2.45) is 10.8 Å². The van der Waals surface area contributed by atoms with E-state index in [1.54, 1.807) is 13.8 Å². The van der Waals surface area contributed by atoms with Gasteiger partial charge in [-0.25, -0.2) is 19.2 Å². The fourth-order valence-corrected chi connectivity index (χ4v) is 9.80. The second-order valence-corrected chi connectivity index (χ2v) is 28.5. The molecule has 0 spiro atoms. The lowest BCUT2D eigenvalue weighted by Crippen LogP contribution is -2.46. The van der Waals surface area contributed by atoms with Crippen molar-refractivity contribution in [1.29, 1.82) is 0 Å². The molecule has 0 aliphatic rings. The highest BCUT2D eigenvalue weighted by molar-refractivity contribution is 5.87. The molecule has 0 saturated heterocycles. The Hall–Kier alpha value is -5.94. The third-order valence-electron chi connectivity index (χ3n) is 17.7. The summed E-state index contributed by atoms with van der Waals surface area (Å²) in [4.78, 5) is 49.3. The van der Waals surface area contributed by atoms with E-state index in [0.29, 0.717) is 89.6 Å². The lowest BCUT2D eigenvalue weighted by atomic mass is 9.73. The number of esters is 2. The van der Waals surface area contributed by atoms with Crippen LogP contribution in [0.15, 0.2) is 109 Å². The van der Waals surface area contributed by atoms with E-state index in [0.717, 1.165) is 61.2 Å². The summed E-state index contributed by atoms with van der Waals surface area (Å²) in [5.74, 6) is 0.0848. The van der Waals surface area contributed by atoms with Gasteiger partial charge in [0.1, 0.15) is 22.7 Å². The molecule has 3 aromatic carbocycles. The number of amides is 2. The second-order valence-electron chi connectivity index (χ2n) is 28.5. The highest BCUT2D eigenvalue weighted by Gasteiger charge is 2.43. The Morgan fingerprint density at radius 1 is 0.422 bits per heavy atom. The molecule has 90 heavy (non-hydrogen) atoms. The zero-order chi connectivity index (χ0) is 67.5. The number of nitrogens with one attached hydrogen (secondary N) is 2. The third kappa shape index (κ3) is 28.3. The van der Waals surface area contributed by atoms with Crippen LogP contribution in [0.5, 0.6) is 11.5 Å². The standard InChI is InChI=1S/C74H116N2O14/c1-55(2)63(77)83-46-32-44-75-65(79)89-71(13,14)61(57-34-23-21-24-35-57)53-87-73(17,18)67(5,6)40-27-29-48-85-69(9,10)42-50-81-59-38-31-39-60(52-59)82-51-43-70(11,12)86-49-30-28-41-68(7,8)74(19,20)88-54-62(58-36-25-22-26-37-58)72(15,16)90-66(80)76-45-33-47-84-64(78)56(3)4/h21-26,31,34-39,52,61-62H,1,3,27-30,32-33,40-51,53-54H2,2,4-20H3,(H,75,79)(H,76,80). The Bertz CT molecular complexity index is 2480. The van der Waals surface area contributed by atoms with Crippen LogP contribution in [0.25, 0.3) is 0 Å². The minimum Gasteiger partial charge on any atom is -0.493 e. The molecule has 16 heteroatoms. The van der Waals surface area contributed by atoms with E-state index in [4.69, 9.17) is 47.4 Å². The van der Waals surface area contributed by atoms with Crippen molar-refractivity contribution in [1.82, 2.24) is 10.6 Å². The fourth-order valence-electron chi connectivity index (χ4n) is 9.80. The third-order valence-corrected chi connectivity index (χ3v) is 17.7. The topological polar surface area (TPSA) is 185 Å². The number of unbranched alkanes of at least 4 members (excludes halogenated alkanes) is 2. The molecule has 0 bridgehead atoms. The zero-order valence-electron chi connectivity index (χ0n) is 58.5. The molecule has 0 saturated carbocycles. The molecule has 16 nitrogen and oxygen atoms in total. The van der Waals surface area contributed by atoms with Crippen LogP contribution in [0.3, 0.4) is 0 Å². The number of carbonyl (C=O) groups excluding carboxylic acids is 4. The van der Waals surface area contributed by atoms with Crippen LogP contribution in [-0.4, -0.2) is 124 Å². The molecule has 0 aliphatic carbocycles. The zero-order valence-corrected chi connectivity index (χ0v) is 58.5. The van der Waals surface area contributed by atoms with Crippen LogP contribution in [-0.2, 0) is 47.5 Å². The van der Waals surface area contributed by atoms with E-state index >= 15 is 0 Å². The van der Waals surface area contributed by atoms with Crippen LogP contribution in [0, 0.1) is 10.8 Å². The largest absolute Gasteiger partial charge is 0.493 e. The van der Waals surface area contributed by atoms with Crippen LogP contribution in [0.2, 0.25) is 0 Å². The molecule has 3 rings (SSSR count). The molecule has 0 aromatic heterocycles. The van der Waals surface area contributed by atoms with Crippen LogP contribution >= 0.6 is 0 Å². The van der Waals surface area contributed by atoms with Crippen molar-refractivity contribution < 1.29 is 66.5 Å². The summed E-state index contributed by atoms with van der Waals surface area (Å²) in [6.45, 7) is 47.8. The molecule has 2 unspecified atom stereocenters. The van der Waals surface area contributed by atoms with Gasteiger partial charge in [-0.2, -0.15) is 0 Å². The number of hydrogen-bond donors (Lipinski definition) is 2. The number of hydrogen-bond acceptors (Lipinski definition) is 14. The lowest BCUT2D eigenvalue weighted by molar-refractivity contribution is -0.139. The second kappa shape index (κ2) is 36.3. The summed E-state index contributed by atoms with van der Waals surface area (Å²) < 4.78 is 61.2. The first kappa shape index (κ1) is 78.3. The number of rotatable bonds is 44. The van der Waals surface area contributed by atoms with Gasteiger partial charge in [0.25, 0.3) is 0 Å². The van der Waals surface area contributed by atoms with E-state index < -0.39 is 46.5 Å². The molecular weight excluding hydrogens is 1140 g/mol. The monoisotopic (exact) mass is 1260 g/mol. The van der Waals surface area contributed by atoms with Crippen molar-refractivity contribution >= 4 is 24.1 Å². The van der Waals surface area contributed by atoms with Crippen molar-refractivity contribution in [3.8, 4) is 11.5 Å². The molecule has 0 heterocycles. The molecule has 0 radical (unpaired) electrons. The van der Waals surface area contributed by atoms with Gasteiger partial charge in [-0.1, -0.05) is 120 Å². The van der Waals surface area contributed by atoms with Crippen LogP contribution < -0.4 is 20.1 Å². The Morgan fingerprint density at radius 3 is 1.12 bits per heavy atom. The minimum absolute atomic E-state index is 0.171. The first-order chi connectivity index (χ1) is 41.9. The van der Waals surface area contributed by atoms with E-state index in [-0.39, 0.29) is 47.1 Å². The predicted molar refractivity (Wildman–Crippen MR) is 358 cm³/mol. The molecule has 0 fully saturated rings. The molecule has 2 atom stereocenters. The molecule has 2 amide bonds. The van der Waals surface area contributed by atoms with Crippen molar-refractivity contribution in [2.45, 2.75) is 234 Å². The maximum Gasteiger partial charge on any atom is 0.407 e. The van der Waals surface area contributed by atoms with Crippen LogP contribution in [0.4, 0.5) is 9.59 Å². The Morgan fingerprint density at radius 2 is 0.778 bits per heavy atom. The van der Waals surface area contributed by atoms with Crippen LogP contribution in [0.1, 0.15) is 212 Å². The first-order valence-electron chi connectivity index (χ1n) is 32.5. The van der Waals surface area contributed by atoms with Gasteiger partial charge < -0.3 is 58.0 Å². The van der Waals surface area contributed by atoms with Gasteiger partial charge in [0.2, 0.25) is 0 Å². The van der Waals surface area contributed by atoms with Gasteiger partial charge in [-0.05, 0) is 170 Å². The minimum atomic E-state index is -0.908. The normalized spacial score (nSPS) is 13.4. The lowest BCUT2D eigenvalue weighted by Gasteiger charge is -2.44. The molecule has 0 aliphatic heterocycles. The molecular formula is C74H116N2O14. The summed E-state index contributed by atoms with van der Waals surface area (Å²) in [5.41, 5.74) is -1.27. The predicted octanol–water partition coefficient (Wildman–Crippen LogP) is 16.4. The van der Waals surface area contributed by atoms with Crippen molar-refractivity contribution in [3.63, 3.8) is 0 Å². The summed E-state index contributed by atoms with van der Waals surface area (Å²) in [7, 11) is 0. The smallest absolute Gasteiger partial charge is 0.407 e.